The Hall–Kier alpha value is -7.29. The summed E-state index contributed by atoms with van der Waals surface area (Å²) in [6, 6.07) is 68.9. The first-order valence-corrected chi connectivity index (χ1v) is 19.0. The van der Waals surface area contributed by atoms with Gasteiger partial charge in [-0.2, -0.15) is 0 Å². The Kier molecular flexibility index (Phi) is 6.37. The number of hydrogen-bond acceptors (Lipinski definition) is 1. The lowest BCUT2D eigenvalue weighted by Gasteiger charge is -2.20. The number of para-hydroxylation sites is 1. The van der Waals surface area contributed by atoms with Crippen LogP contribution in [0.15, 0.2) is 194 Å². The Bertz CT molecular complexity index is 3250. The van der Waals surface area contributed by atoms with Crippen LogP contribution >= 0.6 is 0 Å². The molecule has 0 radical (unpaired) electrons. The summed E-state index contributed by atoms with van der Waals surface area (Å²) < 4.78 is 2.39. The van der Waals surface area contributed by atoms with Crippen molar-refractivity contribution in [1.29, 1.82) is 0 Å². The maximum absolute atomic E-state index is 4.67. The lowest BCUT2D eigenvalue weighted by molar-refractivity contribution is 1.18. The lowest BCUT2D eigenvalue weighted by Crippen LogP contribution is -1.94. The molecule has 0 fully saturated rings. The van der Waals surface area contributed by atoms with Gasteiger partial charge in [-0.25, -0.2) is 0 Å². The number of hydrogen-bond donors (Lipinski definition) is 0. The highest BCUT2D eigenvalue weighted by Gasteiger charge is 2.31. The van der Waals surface area contributed by atoms with Gasteiger partial charge in [0.1, 0.15) is 0 Å². The highest BCUT2D eigenvalue weighted by atomic mass is 15.0. The fraction of sp³-hybridized carbons (Fsp3) is 0. The zero-order chi connectivity index (χ0) is 36.0. The van der Waals surface area contributed by atoms with E-state index in [1.165, 1.54) is 104 Å². The summed E-state index contributed by atoms with van der Waals surface area (Å²) in [5.74, 6) is 0. The molecule has 2 heteroatoms. The second-order valence-electron chi connectivity index (χ2n) is 14.6. The third-order valence-corrected chi connectivity index (χ3v) is 11.8. The van der Waals surface area contributed by atoms with Gasteiger partial charge in [0.2, 0.25) is 0 Å². The van der Waals surface area contributed by atoms with Crippen LogP contribution in [0, 0.1) is 0 Å². The van der Waals surface area contributed by atoms with Crippen molar-refractivity contribution in [2.75, 3.05) is 0 Å². The summed E-state index contributed by atoms with van der Waals surface area (Å²) >= 11 is 0. The molecule has 0 amide bonds. The normalized spacial score (nSPS) is 12.0. The average Bonchev–Trinajstić information content (AvgIpc) is 3.78. The van der Waals surface area contributed by atoms with Gasteiger partial charge < -0.3 is 4.57 Å². The van der Waals surface area contributed by atoms with Gasteiger partial charge in [0.05, 0.1) is 16.6 Å². The quantitative estimate of drug-likeness (QED) is 0.179. The summed E-state index contributed by atoms with van der Waals surface area (Å²) in [5, 5.41) is 8.82. The van der Waals surface area contributed by atoms with Gasteiger partial charge >= 0.3 is 0 Å². The molecule has 0 bridgehead atoms. The minimum atomic E-state index is 1.02. The van der Waals surface area contributed by atoms with Crippen LogP contribution in [0.5, 0.6) is 0 Å². The van der Waals surface area contributed by atoms with Crippen molar-refractivity contribution in [3.8, 4) is 61.3 Å². The molecule has 55 heavy (non-hydrogen) atoms. The van der Waals surface area contributed by atoms with Crippen molar-refractivity contribution in [2.24, 2.45) is 0 Å². The fourth-order valence-electron chi connectivity index (χ4n) is 9.55. The molecular formula is C53H32N2. The Morgan fingerprint density at radius 1 is 0.309 bits per heavy atom. The first kappa shape index (κ1) is 30.2. The van der Waals surface area contributed by atoms with Crippen LogP contribution in [-0.2, 0) is 0 Å². The summed E-state index contributed by atoms with van der Waals surface area (Å²) in [6.07, 6.45) is 1.87. The number of benzene rings is 9. The topological polar surface area (TPSA) is 17.8 Å². The molecule has 9 aromatic carbocycles. The van der Waals surface area contributed by atoms with Gasteiger partial charge in [-0.3, -0.25) is 4.98 Å². The molecule has 0 spiro atoms. The van der Waals surface area contributed by atoms with Gasteiger partial charge in [-0.1, -0.05) is 152 Å². The molecule has 0 aliphatic heterocycles. The molecule has 2 nitrogen and oxygen atoms in total. The van der Waals surface area contributed by atoms with Crippen LogP contribution in [0.1, 0.15) is 0 Å². The van der Waals surface area contributed by atoms with Crippen LogP contribution in [-0.4, -0.2) is 9.55 Å². The zero-order valence-corrected chi connectivity index (χ0v) is 29.9. The predicted octanol–water partition coefficient (Wildman–Crippen LogP) is 14.3. The van der Waals surface area contributed by atoms with Crippen LogP contribution in [0.25, 0.3) is 116 Å². The van der Waals surface area contributed by atoms with Crippen molar-refractivity contribution in [3.63, 3.8) is 0 Å². The third kappa shape index (κ3) is 4.28. The zero-order valence-electron chi connectivity index (χ0n) is 29.9. The number of pyridine rings is 1. The standard InChI is InChI=1S/C53H32N2/c1-3-13-34(14-4-1)48-39-17-7-8-18-40(39)49(35-15-5-2-6-16-35)53-44-29-28-37(38-20-11-21-43(50(38)44)52(48)53)33-24-26-36(27-25-33)55-46-23-10-9-19-42(46)51-41-22-12-32-54-45(41)30-31-47(51)55/h1-32H. The first-order chi connectivity index (χ1) is 27.3. The molecule has 1 aliphatic rings. The molecule has 2 aromatic heterocycles. The van der Waals surface area contributed by atoms with Crippen LogP contribution in [0.4, 0.5) is 0 Å². The number of fused-ring (bicyclic) bond motifs is 9. The van der Waals surface area contributed by atoms with E-state index in [1.807, 2.05) is 12.3 Å². The Balaban J connectivity index is 1.08. The lowest BCUT2D eigenvalue weighted by atomic mass is 9.82. The Labute approximate surface area is 318 Å². The van der Waals surface area contributed by atoms with E-state index in [9.17, 15) is 0 Å². The number of rotatable bonds is 4. The monoisotopic (exact) mass is 696 g/mol. The smallest absolute Gasteiger partial charge is 0.0709 e. The summed E-state index contributed by atoms with van der Waals surface area (Å²) in [5.41, 5.74) is 17.3. The molecular weight excluding hydrogens is 665 g/mol. The maximum Gasteiger partial charge on any atom is 0.0709 e. The van der Waals surface area contributed by atoms with E-state index in [0.717, 1.165) is 11.2 Å². The first-order valence-electron chi connectivity index (χ1n) is 19.0. The van der Waals surface area contributed by atoms with Gasteiger partial charge in [-0.05, 0) is 114 Å². The Morgan fingerprint density at radius 2 is 0.891 bits per heavy atom. The van der Waals surface area contributed by atoms with Crippen LogP contribution < -0.4 is 0 Å². The van der Waals surface area contributed by atoms with Gasteiger partial charge in [0.25, 0.3) is 0 Å². The molecule has 0 saturated carbocycles. The fourth-order valence-corrected chi connectivity index (χ4v) is 9.55. The summed E-state index contributed by atoms with van der Waals surface area (Å²) in [7, 11) is 0. The van der Waals surface area contributed by atoms with E-state index >= 15 is 0 Å². The minimum absolute atomic E-state index is 1.02. The van der Waals surface area contributed by atoms with E-state index in [-0.39, 0.29) is 0 Å². The second kappa shape index (κ2) is 11.6. The minimum Gasteiger partial charge on any atom is -0.309 e. The van der Waals surface area contributed by atoms with Crippen molar-refractivity contribution >= 4 is 54.3 Å². The molecule has 254 valence electrons. The van der Waals surface area contributed by atoms with Crippen molar-refractivity contribution < 1.29 is 0 Å². The van der Waals surface area contributed by atoms with Crippen molar-refractivity contribution in [3.05, 3.63) is 194 Å². The predicted molar refractivity (Wildman–Crippen MR) is 232 cm³/mol. The average molecular weight is 697 g/mol. The molecule has 0 N–H and O–H groups in total. The van der Waals surface area contributed by atoms with E-state index in [2.05, 4.69) is 192 Å². The molecule has 12 rings (SSSR count). The van der Waals surface area contributed by atoms with Crippen LogP contribution in [0.2, 0.25) is 0 Å². The summed E-state index contributed by atoms with van der Waals surface area (Å²) in [4.78, 5) is 4.67. The molecule has 0 atom stereocenters. The molecule has 2 heterocycles. The van der Waals surface area contributed by atoms with E-state index < -0.39 is 0 Å². The highest BCUT2D eigenvalue weighted by Crippen LogP contribution is 2.58. The van der Waals surface area contributed by atoms with E-state index in [0.29, 0.717) is 0 Å². The molecule has 1 aliphatic carbocycles. The van der Waals surface area contributed by atoms with Crippen LogP contribution in [0.3, 0.4) is 0 Å². The SMILES string of the molecule is c1ccc(-c2c3c(c(-c4ccccc4)c4ccccc24)-c2ccc(-c4ccc(-n5c6ccccc6c6c7cccnc7ccc65)cc4)c4cccc-3c24)cc1. The third-order valence-electron chi connectivity index (χ3n) is 11.8. The maximum atomic E-state index is 4.67. The molecule has 0 unspecified atom stereocenters. The molecule has 11 aromatic rings. The van der Waals surface area contributed by atoms with Crippen molar-refractivity contribution in [2.45, 2.75) is 0 Å². The Morgan fingerprint density at radius 3 is 1.60 bits per heavy atom. The van der Waals surface area contributed by atoms with Crippen molar-refractivity contribution in [1.82, 2.24) is 9.55 Å². The van der Waals surface area contributed by atoms with Gasteiger partial charge in [0.15, 0.2) is 0 Å². The summed E-state index contributed by atoms with van der Waals surface area (Å²) in [6.45, 7) is 0. The van der Waals surface area contributed by atoms with Gasteiger partial charge in [-0.15, -0.1) is 0 Å². The van der Waals surface area contributed by atoms with E-state index in [1.54, 1.807) is 0 Å². The highest BCUT2D eigenvalue weighted by molar-refractivity contribution is 6.29. The van der Waals surface area contributed by atoms with E-state index in [4.69, 9.17) is 0 Å². The van der Waals surface area contributed by atoms with Gasteiger partial charge in [0, 0.05) is 28.0 Å². The second-order valence-corrected chi connectivity index (χ2v) is 14.6. The molecule has 0 saturated heterocycles. The number of aromatic nitrogens is 2. The largest absolute Gasteiger partial charge is 0.309 e. The number of nitrogens with zero attached hydrogens (tertiary/aromatic N) is 2.